The van der Waals surface area contributed by atoms with E-state index in [4.69, 9.17) is 15.2 Å². The van der Waals surface area contributed by atoms with Crippen LogP contribution in [-0.4, -0.2) is 56.0 Å². The fourth-order valence-electron chi connectivity index (χ4n) is 2.98. The van der Waals surface area contributed by atoms with Gasteiger partial charge < -0.3 is 15.2 Å². The van der Waals surface area contributed by atoms with Gasteiger partial charge in [-0.15, -0.1) is 0 Å². The minimum absolute atomic E-state index is 0.307. The van der Waals surface area contributed by atoms with Crippen molar-refractivity contribution in [3.05, 3.63) is 0 Å². The molecule has 2 rings (SSSR count). The van der Waals surface area contributed by atoms with Crippen molar-refractivity contribution >= 4 is 0 Å². The third-order valence-electron chi connectivity index (χ3n) is 4.02. The summed E-state index contributed by atoms with van der Waals surface area (Å²) in [6.07, 6.45) is 5.78. The Bertz CT molecular complexity index is 231. The molecule has 2 N–H and O–H groups in total. The second-order valence-electron chi connectivity index (χ2n) is 5.44. The fourth-order valence-corrected chi connectivity index (χ4v) is 2.98. The van der Waals surface area contributed by atoms with E-state index in [9.17, 15) is 0 Å². The van der Waals surface area contributed by atoms with Crippen molar-refractivity contribution in [1.29, 1.82) is 0 Å². The minimum Gasteiger partial charge on any atom is -0.377 e. The molecule has 0 bridgehead atoms. The Kier molecular flexibility index (Phi) is 4.79. The van der Waals surface area contributed by atoms with Gasteiger partial charge in [0, 0.05) is 25.7 Å². The smallest absolute Gasteiger partial charge is 0.0747 e. The lowest BCUT2D eigenvalue weighted by Crippen LogP contribution is -2.48. The van der Waals surface area contributed by atoms with E-state index in [1.807, 2.05) is 0 Å². The van der Waals surface area contributed by atoms with Crippen LogP contribution in [0.5, 0.6) is 0 Å². The molecule has 0 aromatic heterocycles. The van der Waals surface area contributed by atoms with Crippen LogP contribution in [0.1, 0.15) is 32.6 Å². The molecule has 100 valence electrons. The second kappa shape index (κ2) is 6.14. The number of rotatable bonds is 5. The van der Waals surface area contributed by atoms with Crippen molar-refractivity contribution in [1.82, 2.24) is 4.90 Å². The first-order chi connectivity index (χ1) is 8.20. The fraction of sp³-hybridized carbons (Fsp3) is 1.00. The average molecular weight is 242 g/mol. The van der Waals surface area contributed by atoms with Crippen molar-refractivity contribution in [3.8, 4) is 0 Å². The quantitative estimate of drug-likeness (QED) is 0.781. The zero-order valence-electron chi connectivity index (χ0n) is 11.1. The lowest BCUT2D eigenvalue weighted by atomic mass is 10.1. The highest BCUT2D eigenvalue weighted by Crippen LogP contribution is 2.24. The molecule has 0 aliphatic carbocycles. The summed E-state index contributed by atoms with van der Waals surface area (Å²) in [6.45, 7) is 4.72. The molecule has 2 saturated heterocycles. The monoisotopic (exact) mass is 242 g/mol. The summed E-state index contributed by atoms with van der Waals surface area (Å²) in [5.74, 6) is 0. The average Bonchev–Trinajstić information content (AvgIpc) is 2.91. The molecule has 0 amide bonds. The topological polar surface area (TPSA) is 47.7 Å². The first kappa shape index (κ1) is 13.3. The van der Waals surface area contributed by atoms with Gasteiger partial charge in [-0.2, -0.15) is 0 Å². The van der Waals surface area contributed by atoms with E-state index in [-0.39, 0.29) is 0 Å². The highest BCUT2D eigenvalue weighted by Gasteiger charge is 2.32. The Balaban J connectivity index is 1.83. The van der Waals surface area contributed by atoms with Gasteiger partial charge in [-0.25, -0.2) is 0 Å². The number of likely N-dealkylation sites (N-methyl/N-ethyl adjacent to an activating group) is 1. The van der Waals surface area contributed by atoms with Crippen LogP contribution in [0.2, 0.25) is 0 Å². The molecule has 4 nitrogen and oxygen atoms in total. The Labute approximate surface area is 104 Å². The van der Waals surface area contributed by atoms with E-state index in [2.05, 4.69) is 18.9 Å². The molecule has 4 atom stereocenters. The lowest BCUT2D eigenvalue weighted by molar-refractivity contribution is -0.0114. The third-order valence-corrected chi connectivity index (χ3v) is 4.02. The standard InChI is InChI=1S/C13H26N2O2/c1-10-5-6-13(17-10)12(8-14)15(2)9-11-4-3-7-16-11/h10-13H,3-9,14H2,1-2H3. The van der Waals surface area contributed by atoms with Gasteiger partial charge in [-0.1, -0.05) is 0 Å². The summed E-state index contributed by atoms with van der Waals surface area (Å²) in [5, 5.41) is 0. The normalized spacial score (nSPS) is 35.6. The van der Waals surface area contributed by atoms with Crippen LogP contribution >= 0.6 is 0 Å². The largest absolute Gasteiger partial charge is 0.377 e. The maximum atomic E-state index is 5.94. The van der Waals surface area contributed by atoms with Crippen LogP contribution in [0.4, 0.5) is 0 Å². The van der Waals surface area contributed by atoms with Crippen LogP contribution < -0.4 is 5.73 Å². The minimum atomic E-state index is 0.307. The van der Waals surface area contributed by atoms with Crippen molar-refractivity contribution < 1.29 is 9.47 Å². The lowest BCUT2D eigenvalue weighted by Gasteiger charge is -2.32. The predicted octanol–water partition coefficient (Wildman–Crippen LogP) is 0.992. The van der Waals surface area contributed by atoms with Gasteiger partial charge in [0.2, 0.25) is 0 Å². The molecule has 0 aromatic carbocycles. The molecular formula is C13H26N2O2. The number of ether oxygens (including phenoxy) is 2. The van der Waals surface area contributed by atoms with Gasteiger partial charge in [0.05, 0.1) is 18.3 Å². The Morgan fingerprint density at radius 2 is 2.18 bits per heavy atom. The first-order valence-corrected chi connectivity index (χ1v) is 6.88. The summed E-state index contributed by atoms with van der Waals surface area (Å²) in [5.41, 5.74) is 5.91. The molecule has 0 saturated carbocycles. The third kappa shape index (κ3) is 3.41. The Morgan fingerprint density at radius 3 is 2.71 bits per heavy atom. The first-order valence-electron chi connectivity index (χ1n) is 6.88. The number of nitrogens with zero attached hydrogens (tertiary/aromatic N) is 1. The molecule has 0 aromatic rings. The summed E-state index contributed by atoms with van der Waals surface area (Å²) in [4.78, 5) is 2.33. The Morgan fingerprint density at radius 1 is 1.35 bits per heavy atom. The van der Waals surface area contributed by atoms with E-state index >= 15 is 0 Å². The van der Waals surface area contributed by atoms with Gasteiger partial charge in [-0.05, 0) is 39.7 Å². The highest BCUT2D eigenvalue weighted by molar-refractivity contribution is 4.86. The molecule has 0 radical (unpaired) electrons. The van der Waals surface area contributed by atoms with Crippen LogP contribution in [-0.2, 0) is 9.47 Å². The van der Waals surface area contributed by atoms with Gasteiger partial charge >= 0.3 is 0 Å². The van der Waals surface area contributed by atoms with E-state index in [0.717, 1.165) is 26.0 Å². The predicted molar refractivity (Wildman–Crippen MR) is 68.0 cm³/mol. The molecule has 2 aliphatic heterocycles. The zero-order valence-corrected chi connectivity index (χ0v) is 11.1. The number of hydrogen-bond acceptors (Lipinski definition) is 4. The maximum Gasteiger partial charge on any atom is 0.0747 e. The second-order valence-corrected chi connectivity index (χ2v) is 5.44. The van der Waals surface area contributed by atoms with Crippen LogP contribution in [0.15, 0.2) is 0 Å². The number of nitrogens with two attached hydrogens (primary N) is 1. The van der Waals surface area contributed by atoms with Crippen molar-refractivity contribution in [2.75, 3.05) is 26.7 Å². The van der Waals surface area contributed by atoms with Gasteiger partial charge in [0.15, 0.2) is 0 Å². The molecule has 2 heterocycles. The molecule has 2 aliphatic rings. The van der Waals surface area contributed by atoms with Crippen LogP contribution in [0.25, 0.3) is 0 Å². The number of hydrogen-bond donors (Lipinski definition) is 1. The molecule has 17 heavy (non-hydrogen) atoms. The summed E-state index contributed by atoms with van der Waals surface area (Å²) in [6, 6.07) is 0.337. The van der Waals surface area contributed by atoms with Crippen molar-refractivity contribution in [3.63, 3.8) is 0 Å². The van der Waals surface area contributed by atoms with Crippen molar-refractivity contribution in [2.24, 2.45) is 5.73 Å². The van der Waals surface area contributed by atoms with E-state index in [1.165, 1.54) is 12.8 Å². The molecular weight excluding hydrogens is 216 g/mol. The highest BCUT2D eigenvalue weighted by atomic mass is 16.5. The molecule has 4 unspecified atom stereocenters. The van der Waals surface area contributed by atoms with Crippen LogP contribution in [0, 0.1) is 0 Å². The molecule has 2 fully saturated rings. The Hall–Kier alpha value is -0.160. The van der Waals surface area contributed by atoms with Crippen LogP contribution in [0.3, 0.4) is 0 Å². The van der Waals surface area contributed by atoms with Gasteiger partial charge in [0.25, 0.3) is 0 Å². The summed E-state index contributed by atoms with van der Waals surface area (Å²) < 4.78 is 11.6. The SMILES string of the molecule is CC1CCC(C(CN)N(C)CC2CCCO2)O1. The summed E-state index contributed by atoms with van der Waals surface area (Å²) in [7, 11) is 2.14. The van der Waals surface area contributed by atoms with Crippen molar-refractivity contribution in [2.45, 2.75) is 57.0 Å². The van der Waals surface area contributed by atoms with E-state index in [0.29, 0.717) is 30.9 Å². The van der Waals surface area contributed by atoms with E-state index in [1.54, 1.807) is 0 Å². The molecule has 4 heteroatoms. The maximum absolute atomic E-state index is 5.94. The van der Waals surface area contributed by atoms with Gasteiger partial charge in [-0.3, -0.25) is 4.90 Å². The zero-order chi connectivity index (χ0) is 12.3. The summed E-state index contributed by atoms with van der Waals surface area (Å²) >= 11 is 0. The molecule has 0 spiro atoms. The van der Waals surface area contributed by atoms with Gasteiger partial charge in [0.1, 0.15) is 0 Å². The van der Waals surface area contributed by atoms with E-state index < -0.39 is 0 Å².